The SMILES string of the molecule is COc1cc2cc(c1Cl)N(C)C(=O)CC(OC(=O)[C@H](C)N(C)C(=O)CCC(C)(C)SSCCCC(=O)ON1C(=O)CCC1=O)[C@@]1(C)O[C@@H]1C(C)C1CC(ON)(NC(=O)O1)C(OC)/C=C/C=C(\C)C2. The van der Waals surface area contributed by atoms with E-state index in [4.69, 9.17) is 50.9 Å². The molecule has 8 atom stereocenters. The Morgan fingerprint density at radius 1 is 1.10 bits per heavy atom. The first-order valence-corrected chi connectivity index (χ1v) is 25.1. The predicted molar refractivity (Wildman–Crippen MR) is 254 cm³/mol. The number of epoxide rings is 1. The first-order valence-electron chi connectivity index (χ1n) is 22.4. The number of methoxy groups -OCH3 is 2. The summed E-state index contributed by atoms with van der Waals surface area (Å²) in [7, 11) is 9.08. The number of carbonyl (C=O) groups is 7. The maximum atomic E-state index is 14.4. The average Bonchev–Trinajstić information content (AvgIpc) is 3.90. The summed E-state index contributed by atoms with van der Waals surface area (Å²) < 4.78 is 29.4. The lowest BCUT2D eigenvalue weighted by Crippen LogP contribution is -2.66. The number of nitrogens with zero attached hydrogens (tertiary/aromatic N) is 3. The van der Waals surface area contributed by atoms with Crippen LogP contribution in [0.1, 0.15) is 98.5 Å². The van der Waals surface area contributed by atoms with E-state index in [1.165, 1.54) is 41.9 Å². The van der Waals surface area contributed by atoms with Gasteiger partial charge in [-0.1, -0.05) is 63.9 Å². The van der Waals surface area contributed by atoms with Crippen LogP contribution in [-0.4, -0.2) is 132 Å². The third-order valence-corrected chi connectivity index (χ3v) is 16.6. The van der Waals surface area contributed by atoms with E-state index >= 15 is 0 Å². The molecule has 0 spiro atoms. The number of allylic oxidation sites excluding steroid dienone is 3. The number of nitrogens with one attached hydrogen (secondary N) is 1. The quantitative estimate of drug-likeness (QED) is 0.0502. The minimum atomic E-state index is -1.54. The van der Waals surface area contributed by atoms with Crippen LogP contribution in [0.3, 0.4) is 0 Å². The van der Waals surface area contributed by atoms with Gasteiger partial charge in [-0.3, -0.25) is 29.3 Å². The standard InChI is InChI=1S/C46H64ClN5O14S2/c1-26-13-11-14-33(61-10)46(66-48)25-32(62-43(59)49-46)27(2)41-45(6,64-41)34(24-38(56)51(8)30-22-29(21-26)23-31(60-9)40(30)47)63-42(58)28(3)50(7)35(53)18-19-44(4,5)68-67-20-12-15-39(57)65-52-36(54)16-17-37(52)55/h11,13-14,22-23,27-28,32-34,41H,12,15-21,24-25,48H2,1-10H3,(H,49,59)/b14-11+,26-13+/t27?,28-,32?,33?,34?,41+,45+,46?/m0/s1. The Morgan fingerprint density at radius 2 is 1.79 bits per heavy atom. The molecule has 5 unspecified atom stereocenters. The third kappa shape index (κ3) is 13.1. The van der Waals surface area contributed by atoms with Crippen molar-refractivity contribution in [3.63, 3.8) is 0 Å². The molecular weight excluding hydrogens is 946 g/mol. The van der Waals surface area contributed by atoms with Gasteiger partial charge in [-0.15, -0.1) is 5.06 Å². The number of hydroxylamine groups is 2. The summed E-state index contributed by atoms with van der Waals surface area (Å²) >= 11 is 6.82. The van der Waals surface area contributed by atoms with Gasteiger partial charge in [0.05, 0.1) is 25.3 Å². The Labute approximate surface area is 410 Å². The molecular formula is C46H64ClN5O14S2. The van der Waals surface area contributed by atoms with E-state index in [0.717, 1.165) is 11.1 Å². The first kappa shape index (κ1) is 54.6. The number of alkyl carbamates (subject to hydrolysis) is 1. The van der Waals surface area contributed by atoms with Crippen molar-refractivity contribution in [3.05, 3.63) is 46.5 Å². The highest BCUT2D eigenvalue weighted by molar-refractivity contribution is 8.77. The predicted octanol–water partition coefficient (Wildman–Crippen LogP) is 5.74. The molecule has 4 aliphatic rings. The molecule has 0 aliphatic carbocycles. The van der Waals surface area contributed by atoms with Crippen LogP contribution in [0, 0.1) is 5.92 Å². The van der Waals surface area contributed by atoms with Gasteiger partial charge >= 0.3 is 18.0 Å². The van der Waals surface area contributed by atoms with Crippen molar-refractivity contribution in [2.24, 2.45) is 11.8 Å². The fourth-order valence-electron chi connectivity index (χ4n) is 8.25. The van der Waals surface area contributed by atoms with Gasteiger partial charge in [-0.25, -0.2) is 20.3 Å². The second-order valence-corrected chi connectivity index (χ2v) is 21.8. The summed E-state index contributed by atoms with van der Waals surface area (Å²) in [5, 5.41) is 3.43. The highest BCUT2D eigenvalue weighted by Gasteiger charge is 2.65. The summed E-state index contributed by atoms with van der Waals surface area (Å²) in [5.74, 6) is 3.01. The molecule has 1 aromatic rings. The van der Waals surface area contributed by atoms with E-state index in [0.29, 0.717) is 41.5 Å². The monoisotopic (exact) mass is 1010 g/mol. The molecule has 3 saturated heterocycles. The van der Waals surface area contributed by atoms with Crippen molar-refractivity contribution in [1.82, 2.24) is 15.3 Å². The van der Waals surface area contributed by atoms with Gasteiger partial charge in [0, 0.05) is 69.7 Å². The summed E-state index contributed by atoms with van der Waals surface area (Å²) in [6, 6.07) is 2.50. The topological polar surface area (TPSA) is 235 Å². The van der Waals surface area contributed by atoms with Crippen LogP contribution in [0.25, 0.3) is 0 Å². The van der Waals surface area contributed by atoms with Crippen molar-refractivity contribution < 1.29 is 66.9 Å². The van der Waals surface area contributed by atoms with Crippen LogP contribution in [0.2, 0.25) is 5.02 Å². The number of nitrogens with two attached hydrogens (primary N) is 1. The molecule has 3 fully saturated rings. The van der Waals surface area contributed by atoms with Gasteiger partial charge in [0.25, 0.3) is 11.8 Å². The number of amides is 5. The minimum absolute atomic E-state index is 0.0243. The Bertz CT molecular complexity index is 2140. The molecule has 1 aromatic carbocycles. The second kappa shape index (κ2) is 23.0. The van der Waals surface area contributed by atoms with E-state index in [1.807, 2.05) is 33.8 Å². The molecule has 4 heterocycles. The molecule has 3 N–H and O–H groups in total. The fraction of sp³-hybridized carbons (Fsp3) is 0.630. The Hall–Kier alpha value is -4.38. The van der Waals surface area contributed by atoms with Gasteiger partial charge < -0.3 is 38.3 Å². The highest BCUT2D eigenvalue weighted by atomic mass is 35.5. The van der Waals surface area contributed by atoms with Crippen LogP contribution in [0.15, 0.2) is 35.9 Å². The molecule has 68 heavy (non-hydrogen) atoms. The zero-order valence-electron chi connectivity index (χ0n) is 40.3. The lowest BCUT2D eigenvalue weighted by Gasteiger charge is -2.43. The lowest BCUT2D eigenvalue weighted by molar-refractivity contribution is -0.197. The number of benzene rings is 1. The van der Waals surface area contributed by atoms with Crippen LogP contribution in [0.5, 0.6) is 5.75 Å². The maximum Gasteiger partial charge on any atom is 0.409 e. The largest absolute Gasteiger partial charge is 0.495 e. The molecule has 4 aliphatic heterocycles. The fourth-order valence-corrected chi connectivity index (χ4v) is 11.2. The van der Waals surface area contributed by atoms with Crippen LogP contribution < -0.4 is 20.9 Å². The van der Waals surface area contributed by atoms with E-state index in [-0.39, 0.29) is 54.2 Å². The van der Waals surface area contributed by atoms with E-state index in [2.05, 4.69) is 5.32 Å². The number of hydrogen-bond donors (Lipinski definition) is 2. The summed E-state index contributed by atoms with van der Waals surface area (Å²) in [4.78, 5) is 104. The summed E-state index contributed by atoms with van der Waals surface area (Å²) in [5.41, 5.74) is -0.739. The van der Waals surface area contributed by atoms with Gasteiger partial charge in [0.15, 0.2) is 5.72 Å². The van der Waals surface area contributed by atoms with Gasteiger partial charge in [-0.2, -0.15) is 0 Å². The molecule has 5 amide bonds. The normalized spacial score (nSPS) is 28.4. The van der Waals surface area contributed by atoms with E-state index < -0.39 is 83.5 Å². The molecule has 0 aromatic heterocycles. The molecule has 22 heteroatoms. The van der Waals surface area contributed by atoms with Crippen LogP contribution in [0.4, 0.5) is 10.5 Å². The van der Waals surface area contributed by atoms with E-state index in [1.54, 1.807) is 56.0 Å². The Balaban J connectivity index is 1.30. The number of fused-ring (bicyclic) bond motifs is 5. The first-order chi connectivity index (χ1) is 32.0. The number of ether oxygens (including phenoxy) is 5. The molecule has 5 rings (SSSR count). The number of esters is 1. The van der Waals surface area contributed by atoms with Crippen molar-refractivity contribution in [2.75, 3.05) is 39.0 Å². The van der Waals surface area contributed by atoms with Crippen LogP contribution >= 0.6 is 33.2 Å². The zero-order valence-corrected chi connectivity index (χ0v) is 42.6. The number of halogens is 1. The molecule has 376 valence electrons. The molecule has 4 bridgehead atoms. The summed E-state index contributed by atoms with van der Waals surface area (Å²) in [6.45, 7) is 11.0. The number of carbonyl (C=O) groups excluding carboxylic acids is 7. The summed E-state index contributed by atoms with van der Waals surface area (Å²) in [6.07, 6.45) is 2.19. The van der Waals surface area contributed by atoms with Crippen molar-refractivity contribution >= 4 is 80.5 Å². The van der Waals surface area contributed by atoms with Crippen molar-refractivity contribution in [3.8, 4) is 5.75 Å². The van der Waals surface area contributed by atoms with Crippen molar-refractivity contribution in [2.45, 2.75) is 146 Å². The van der Waals surface area contributed by atoms with Gasteiger partial charge in [0.1, 0.15) is 40.7 Å². The van der Waals surface area contributed by atoms with Crippen LogP contribution in [-0.2, 0) is 63.8 Å². The zero-order chi connectivity index (χ0) is 50.3. The third-order valence-electron chi connectivity index (χ3n) is 12.7. The molecule has 0 saturated carbocycles. The minimum Gasteiger partial charge on any atom is -0.495 e. The average molecular weight is 1010 g/mol. The smallest absolute Gasteiger partial charge is 0.409 e. The molecule has 0 radical (unpaired) electrons. The van der Waals surface area contributed by atoms with Gasteiger partial charge in [-0.05, 0) is 71.6 Å². The number of hydrogen-bond acceptors (Lipinski definition) is 17. The highest BCUT2D eigenvalue weighted by Crippen LogP contribution is 2.49. The number of rotatable bonds is 16. The lowest BCUT2D eigenvalue weighted by atomic mass is 9.83. The second-order valence-electron chi connectivity index (χ2n) is 18.3. The van der Waals surface area contributed by atoms with Gasteiger partial charge in [0.2, 0.25) is 11.8 Å². The number of imide groups is 1. The van der Waals surface area contributed by atoms with Crippen molar-refractivity contribution in [1.29, 1.82) is 0 Å². The maximum absolute atomic E-state index is 14.4. The Kier molecular flexibility index (Phi) is 18.5. The Morgan fingerprint density at radius 3 is 2.44 bits per heavy atom. The number of likely N-dealkylation sites (N-methyl/N-ethyl adjacent to an activating group) is 1. The van der Waals surface area contributed by atoms with E-state index in [9.17, 15) is 33.6 Å². The number of anilines is 1. The molecule has 19 nitrogen and oxygen atoms in total.